The largest absolute Gasteiger partial charge is 0.339 e. The van der Waals surface area contributed by atoms with E-state index in [1.807, 2.05) is 30.0 Å². The van der Waals surface area contributed by atoms with Gasteiger partial charge in [-0.05, 0) is 39.0 Å². The van der Waals surface area contributed by atoms with Crippen LogP contribution in [0.15, 0.2) is 18.2 Å². The van der Waals surface area contributed by atoms with E-state index in [4.69, 9.17) is 0 Å². The zero-order chi connectivity index (χ0) is 17.4. The maximum Gasteiger partial charge on any atom is 0.254 e. The van der Waals surface area contributed by atoms with Crippen molar-refractivity contribution in [2.24, 2.45) is 0 Å². The molecule has 1 aromatic heterocycles. The summed E-state index contributed by atoms with van der Waals surface area (Å²) < 4.78 is 2.18. The Kier molecular flexibility index (Phi) is 4.30. The second-order valence-corrected chi connectivity index (χ2v) is 6.62. The summed E-state index contributed by atoms with van der Waals surface area (Å²) in [6, 6.07) is 6.06. The highest BCUT2D eigenvalue weighted by Crippen LogP contribution is 2.22. The summed E-state index contributed by atoms with van der Waals surface area (Å²) in [5.41, 5.74) is 2.57. The first-order chi connectivity index (χ1) is 11.4. The predicted molar refractivity (Wildman–Crippen MR) is 93.0 cm³/mol. The molecule has 0 spiro atoms. The van der Waals surface area contributed by atoms with E-state index in [0.717, 1.165) is 16.9 Å². The van der Waals surface area contributed by atoms with Crippen LogP contribution < -0.4 is 0 Å². The van der Waals surface area contributed by atoms with Gasteiger partial charge in [-0.1, -0.05) is 0 Å². The Morgan fingerprint density at radius 2 is 1.71 bits per heavy atom. The number of nitrogens with zero attached hydrogens (tertiary/aromatic N) is 4. The fourth-order valence-corrected chi connectivity index (χ4v) is 3.41. The molecule has 2 amide bonds. The minimum absolute atomic E-state index is 0.0110. The molecule has 1 aliphatic heterocycles. The van der Waals surface area contributed by atoms with Gasteiger partial charge < -0.3 is 14.4 Å². The number of rotatable bonds is 2. The van der Waals surface area contributed by atoms with Gasteiger partial charge in [0.15, 0.2) is 0 Å². The third-order valence-corrected chi connectivity index (χ3v) is 4.64. The maximum atomic E-state index is 12.7. The molecule has 2 heterocycles. The van der Waals surface area contributed by atoms with Crippen LogP contribution in [0.4, 0.5) is 0 Å². The molecule has 1 fully saturated rings. The number of piperazine rings is 1. The third kappa shape index (κ3) is 2.88. The molecule has 0 saturated carbocycles. The van der Waals surface area contributed by atoms with Crippen LogP contribution >= 0.6 is 0 Å². The Labute approximate surface area is 142 Å². The van der Waals surface area contributed by atoms with Crippen LogP contribution in [0, 0.1) is 6.92 Å². The van der Waals surface area contributed by atoms with Crippen molar-refractivity contribution in [2.75, 3.05) is 26.2 Å². The SMILES string of the molecule is CC(=O)N1CCN(C(=O)c2ccc3c(c2)nc(C)n3C(C)C)CC1. The van der Waals surface area contributed by atoms with Crippen LogP contribution in [0.2, 0.25) is 0 Å². The van der Waals surface area contributed by atoms with Gasteiger partial charge in [0.2, 0.25) is 5.91 Å². The van der Waals surface area contributed by atoms with Gasteiger partial charge in [-0.2, -0.15) is 0 Å². The molecule has 0 atom stereocenters. The van der Waals surface area contributed by atoms with Crippen LogP contribution in [-0.4, -0.2) is 57.3 Å². The van der Waals surface area contributed by atoms with Crippen molar-refractivity contribution in [3.8, 4) is 0 Å². The Morgan fingerprint density at radius 1 is 1.08 bits per heavy atom. The second-order valence-electron chi connectivity index (χ2n) is 6.62. The monoisotopic (exact) mass is 328 g/mol. The van der Waals surface area contributed by atoms with Gasteiger partial charge in [0.1, 0.15) is 5.82 Å². The van der Waals surface area contributed by atoms with Gasteiger partial charge in [-0.15, -0.1) is 0 Å². The van der Waals surface area contributed by atoms with Gasteiger partial charge >= 0.3 is 0 Å². The number of aromatic nitrogens is 2. The number of carbonyl (C=O) groups excluding carboxylic acids is 2. The third-order valence-electron chi connectivity index (χ3n) is 4.64. The van der Waals surface area contributed by atoms with Crippen LogP contribution in [-0.2, 0) is 4.79 Å². The molecule has 0 unspecified atom stereocenters. The molecule has 1 aliphatic rings. The molecule has 0 aliphatic carbocycles. The first kappa shape index (κ1) is 16.5. The average Bonchev–Trinajstić information content (AvgIpc) is 2.89. The molecule has 128 valence electrons. The van der Waals surface area contributed by atoms with Crippen molar-refractivity contribution in [2.45, 2.75) is 33.7 Å². The minimum Gasteiger partial charge on any atom is -0.339 e. The Balaban J connectivity index is 1.82. The smallest absolute Gasteiger partial charge is 0.254 e. The van der Waals surface area contributed by atoms with E-state index in [0.29, 0.717) is 37.8 Å². The van der Waals surface area contributed by atoms with Crippen molar-refractivity contribution in [1.82, 2.24) is 19.4 Å². The minimum atomic E-state index is 0.0110. The number of fused-ring (bicyclic) bond motifs is 1. The zero-order valence-electron chi connectivity index (χ0n) is 14.7. The van der Waals surface area contributed by atoms with Crippen LogP contribution in [0.3, 0.4) is 0 Å². The highest BCUT2D eigenvalue weighted by atomic mass is 16.2. The lowest BCUT2D eigenvalue weighted by molar-refractivity contribution is -0.130. The van der Waals surface area contributed by atoms with Crippen LogP contribution in [0.5, 0.6) is 0 Å². The molecule has 2 aromatic rings. The summed E-state index contributed by atoms with van der Waals surface area (Å²) >= 11 is 0. The summed E-state index contributed by atoms with van der Waals surface area (Å²) in [7, 11) is 0. The Hall–Kier alpha value is -2.37. The molecule has 1 aromatic carbocycles. The van der Waals surface area contributed by atoms with E-state index in [1.165, 1.54) is 0 Å². The number of hydrogen-bond acceptors (Lipinski definition) is 3. The molecule has 6 heteroatoms. The van der Waals surface area contributed by atoms with E-state index in [2.05, 4.69) is 23.4 Å². The molecule has 3 rings (SSSR count). The number of aryl methyl sites for hydroxylation is 1. The quantitative estimate of drug-likeness (QED) is 0.849. The zero-order valence-corrected chi connectivity index (χ0v) is 14.7. The summed E-state index contributed by atoms with van der Waals surface area (Å²) in [6.45, 7) is 10.2. The van der Waals surface area contributed by atoms with Gasteiger partial charge in [0.05, 0.1) is 11.0 Å². The van der Waals surface area contributed by atoms with Crippen molar-refractivity contribution in [1.29, 1.82) is 0 Å². The molecular formula is C18H24N4O2. The van der Waals surface area contributed by atoms with Gasteiger partial charge in [0.25, 0.3) is 5.91 Å². The number of hydrogen-bond donors (Lipinski definition) is 0. The summed E-state index contributed by atoms with van der Waals surface area (Å²) in [5.74, 6) is 1.04. The van der Waals surface area contributed by atoms with Crippen molar-refractivity contribution in [3.05, 3.63) is 29.6 Å². The van der Waals surface area contributed by atoms with E-state index in [-0.39, 0.29) is 11.8 Å². The van der Waals surface area contributed by atoms with Gasteiger partial charge in [-0.25, -0.2) is 4.98 Å². The lowest BCUT2D eigenvalue weighted by Crippen LogP contribution is -2.50. The van der Waals surface area contributed by atoms with Gasteiger partial charge in [-0.3, -0.25) is 9.59 Å². The van der Waals surface area contributed by atoms with Crippen molar-refractivity contribution in [3.63, 3.8) is 0 Å². The lowest BCUT2D eigenvalue weighted by Gasteiger charge is -2.34. The van der Waals surface area contributed by atoms with E-state index in [1.54, 1.807) is 11.8 Å². The topological polar surface area (TPSA) is 58.4 Å². The van der Waals surface area contributed by atoms with E-state index >= 15 is 0 Å². The molecule has 0 N–H and O–H groups in total. The number of carbonyl (C=O) groups is 2. The number of benzene rings is 1. The van der Waals surface area contributed by atoms with Crippen molar-refractivity contribution >= 4 is 22.8 Å². The van der Waals surface area contributed by atoms with Crippen LogP contribution in [0.25, 0.3) is 11.0 Å². The Morgan fingerprint density at radius 3 is 2.29 bits per heavy atom. The first-order valence-corrected chi connectivity index (χ1v) is 8.42. The van der Waals surface area contributed by atoms with E-state index in [9.17, 15) is 9.59 Å². The molecular weight excluding hydrogens is 304 g/mol. The fraction of sp³-hybridized carbons (Fsp3) is 0.500. The summed E-state index contributed by atoms with van der Waals surface area (Å²) in [4.78, 5) is 32.3. The second kappa shape index (κ2) is 6.26. The van der Waals surface area contributed by atoms with Gasteiger partial charge in [0, 0.05) is 44.7 Å². The first-order valence-electron chi connectivity index (χ1n) is 8.42. The molecule has 6 nitrogen and oxygen atoms in total. The van der Waals surface area contributed by atoms with Crippen molar-refractivity contribution < 1.29 is 9.59 Å². The van der Waals surface area contributed by atoms with Crippen LogP contribution in [0.1, 0.15) is 43.0 Å². The van der Waals surface area contributed by atoms with E-state index < -0.39 is 0 Å². The molecule has 24 heavy (non-hydrogen) atoms. The average molecular weight is 328 g/mol. The molecule has 1 saturated heterocycles. The maximum absolute atomic E-state index is 12.7. The summed E-state index contributed by atoms with van der Waals surface area (Å²) in [5, 5.41) is 0. The summed E-state index contributed by atoms with van der Waals surface area (Å²) in [6.07, 6.45) is 0. The normalized spacial score (nSPS) is 15.4. The number of imidazole rings is 1. The highest BCUT2D eigenvalue weighted by molar-refractivity contribution is 5.97. The Bertz CT molecular complexity index is 786. The highest BCUT2D eigenvalue weighted by Gasteiger charge is 2.23. The molecule has 0 radical (unpaired) electrons. The molecule has 0 bridgehead atoms. The lowest BCUT2D eigenvalue weighted by atomic mass is 10.1. The predicted octanol–water partition coefficient (Wildman–Crippen LogP) is 2.23. The standard InChI is InChI=1S/C18H24N4O2/c1-12(2)22-13(3)19-16-11-15(5-6-17(16)22)18(24)21-9-7-20(8-10-21)14(4)23/h5-6,11-12H,7-10H2,1-4H3. The fourth-order valence-electron chi connectivity index (χ4n) is 3.41. The number of amides is 2.